The molecule has 0 bridgehead atoms. The van der Waals surface area contributed by atoms with Crippen LogP contribution in [0.5, 0.6) is 0 Å². The first kappa shape index (κ1) is 23.1. The number of amides is 2. The Bertz CT molecular complexity index is 958. The number of alkyl carbamates (subject to hydrolysis) is 1. The molecule has 0 aromatic heterocycles. The van der Waals surface area contributed by atoms with E-state index in [-0.39, 0.29) is 18.9 Å². The lowest BCUT2D eigenvalue weighted by atomic mass is 9.98. The molecule has 1 aliphatic carbocycles. The van der Waals surface area contributed by atoms with E-state index in [2.05, 4.69) is 29.3 Å². The molecule has 0 saturated heterocycles. The normalized spacial score (nSPS) is 13.9. The van der Waals surface area contributed by atoms with Crippen LogP contribution < -0.4 is 10.6 Å². The predicted molar refractivity (Wildman–Crippen MR) is 121 cm³/mol. The Labute approximate surface area is 187 Å². The lowest BCUT2D eigenvalue weighted by molar-refractivity contribution is -0.137. The minimum Gasteiger partial charge on any atom is -0.481 e. The highest BCUT2D eigenvalue weighted by atomic mass is 16.5. The molecule has 0 aliphatic heterocycles. The van der Waals surface area contributed by atoms with Crippen molar-refractivity contribution < 1.29 is 24.2 Å². The van der Waals surface area contributed by atoms with Crippen LogP contribution in [-0.4, -0.2) is 41.8 Å². The summed E-state index contributed by atoms with van der Waals surface area (Å²) in [5.74, 6) is -1.54. The molecule has 7 heteroatoms. The molecule has 0 heterocycles. The van der Waals surface area contributed by atoms with Crippen molar-refractivity contribution in [1.29, 1.82) is 0 Å². The number of carbonyl (C=O) groups is 3. The summed E-state index contributed by atoms with van der Waals surface area (Å²) in [6.07, 6.45) is 1.60. The van der Waals surface area contributed by atoms with Crippen LogP contribution in [0, 0.1) is 0 Å². The Balaban J connectivity index is 1.63. The van der Waals surface area contributed by atoms with Gasteiger partial charge < -0.3 is 20.5 Å². The molecule has 2 aromatic rings. The van der Waals surface area contributed by atoms with Crippen molar-refractivity contribution in [3.8, 4) is 11.1 Å². The van der Waals surface area contributed by atoms with Gasteiger partial charge >= 0.3 is 12.1 Å². The van der Waals surface area contributed by atoms with Gasteiger partial charge in [-0.05, 0) is 42.0 Å². The number of rotatable bonds is 10. The van der Waals surface area contributed by atoms with Crippen LogP contribution in [0.1, 0.15) is 43.2 Å². The van der Waals surface area contributed by atoms with Crippen LogP contribution in [0.25, 0.3) is 11.1 Å². The minimum atomic E-state index is -1.01. The summed E-state index contributed by atoms with van der Waals surface area (Å²) in [7, 11) is 0. The van der Waals surface area contributed by atoms with Crippen LogP contribution >= 0.6 is 0 Å². The summed E-state index contributed by atoms with van der Waals surface area (Å²) in [5, 5.41) is 14.1. The van der Waals surface area contributed by atoms with Crippen molar-refractivity contribution in [1.82, 2.24) is 10.6 Å². The predicted octanol–water partition coefficient (Wildman–Crippen LogP) is 3.84. The topological polar surface area (TPSA) is 105 Å². The van der Waals surface area contributed by atoms with Crippen molar-refractivity contribution >= 4 is 18.0 Å². The molecule has 7 nitrogen and oxygen atoms in total. The van der Waals surface area contributed by atoms with Gasteiger partial charge in [-0.15, -0.1) is 6.58 Å². The fourth-order valence-electron chi connectivity index (χ4n) is 3.99. The number of hydrogen-bond acceptors (Lipinski definition) is 4. The second kappa shape index (κ2) is 10.6. The molecule has 0 radical (unpaired) electrons. The SMILES string of the molecule is C=CCCC(NC(=O)OCC1c2ccccc2-c2ccccc21)C(=O)NC(C)CC(=O)O. The molecule has 0 fully saturated rings. The summed E-state index contributed by atoms with van der Waals surface area (Å²) >= 11 is 0. The third kappa shape index (κ3) is 5.55. The van der Waals surface area contributed by atoms with Crippen LogP contribution in [0.2, 0.25) is 0 Å². The molecule has 2 aromatic carbocycles. The summed E-state index contributed by atoms with van der Waals surface area (Å²) < 4.78 is 5.52. The Morgan fingerprint density at radius 2 is 1.66 bits per heavy atom. The minimum absolute atomic E-state index is 0.0795. The van der Waals surface area contributed by atoms with E-state index in [4.69, 9.17) is 9.84 Å². The van der Waals surface area contributed by atoms with E-state index in [1.807, 2.05) is 36.4 Å². The van der Waals surface area contributed by atoms with Crippen LogP contribution in [0.15, 0.2) is 61.2 Å². The van der Waals surface area contributed by atoms with Crippen LogP contribution in [-0.2, 0) is 14.3 Å². The first-order valence-electron chi connectivity index (χ1n) is 10.6. The lowest BCUT2D eigenvalue weighted by Gasteiger charge is -2.21. The maximum atomic E-state index is 12.6. The zero-order valence-electron chi connectivity index (χ0n) is 18.0. The molecule has 3 rings (SSSR count). The van der Waals surface area contributed by atoms with Crippen molar-refractivity contribution in [2.24, 2.45) is 0 Å². The van der Waals surface area contributed by atoms with Gasteiger partial charge in [-0.1, -0.05) is 54.6 Å². The number of ether oxygens (including phenoxy) is 1. The van der Waals surface area contributed by atoms with Gasteiger partial charge in [-0.3, -0.25) is 9.59 Å². The first-order valence-corrected chi connectivity index (χ1v) is 10.6. The van der Waals surface area contributed by atoms with Crippen LogP contribution in [0.4, 0.5) is 4.79 Å². The van der Waals surface area contributed by atoms with Crippen LogP contribution in [0.3, 0.4) is 0 Å². The number of hydrogen-bond donors (Lipinski definition) is 3. The maximum absolute atomic E-state index is 12.6. The summed E-state index contributed by atoms with van der Waals surface area (Å²) in [5.41, 5.74) is 4.47. The number of carbonyl (C=O) groups excluding carboxylic acids is 2. The number of carboxylic acids is 1. The zero-order valence-corrected chi connectivity index (χ0v) is 18.0. The molecule has 2 atom stereocenters. The quantitative estimate of drug-likeness (QED) is 0.491. The van der Waals surface area contributed by atoms with Gasteiger partial charge in [-0.2, -0.15) is 0 Å². The van der Waals surface area contributed by atoms with E-state index in [1.54, 1.807) is 13.0 Å². The van der Waals surface area contributed by atoms with E-state index in [1.165, 1.54) is 0 Å². The molecule has 2 unspecified atom stereocenters. The van der Waals surface area contributed by atoms with E-state index >= 15 is 0 Å². The number of aliphatic carboxylic acids is 1. The second-order valence-electron chi connectivity index (χ2n) is 7.90. The summed E-state index contributed by atoms with van der Waals surface area (Å²) in [6.45, 7) is 5.39. The highest BCUT2D eigenvalue weighted by molar-refractivity contribution is 5.86. The molecule has 0 spiro atoms. The number of nitrogens with one attached hydrogen (secondary N) is 2. The fraction of sp³-hybridized carbons (Fsp3) is 0.320. The Kier molecular flexibility index (Phi) is 7.65. The van der Waals surface area contributed by atoms with E-state index in [0.717, 1.165) is 22.3 Å². The van der Waals surface area contributed by atoms with Gasteiger partial charge in [0.2, 0.25) is 5.91 Å². The van der Waals surface area contributed by atoms with Gasteiger partial charge in [-0.25, -0.2) is 4.79 Å². The van der Waals surface area contributed by atoms with Crippen molar-refractivity contribution in [2.45, 2.75) is 44.2 Å². The highest BCUT2D eigenvalue weighted by Gasteiger charge is 2.30. The van der Waals surface area contributed by atoms with Crippen molar-refractivity contribution in [3.63, 3.8) is 0 Å². The largest absolute Gasteiger partial charge is 0.481 e. The Morgan fingerprint density at radius 1 is 1.06 bits per heavy atom. The molecule has 3 N–H and O–H groups in total. The fourth-order valence-corrected chi connectivity index (χ4v) is 3.99. The lowest BCUT2D eigenvalue weighted by Crippen LogP contribution is -2.49. The molecule has 32 heavy (non-hydrogen) atoms. The number of benzene rings is 2. The van der Waals surface area contributed by atoms with Gasteiger partial charge in [0, 0.05) is 12.0 Å². The summed E-state index contributed by atoms with van der Waals surface area (Å²) in [6, 6.07) is 14.7. The number of carboxylic acid groups (broad SMARTS) is 1. The van der Waals surface area contributed by atoms with Gasteiger partial charge in [0.15, 0.2) is 0 Å². The van der Waals surface area contributed by atoms with Gasteiger partial charge in [0.05, 0.1) is 6.42 Å². The van der Waals surface area contributed by atoms with E-state index in [0.29, 0.717) is 12.8 Å². The number of allylic oxidation sites excluding steroid dienone is 1. The molecule has 1 aliphatic rings. The van der Waals surface area contributed by atoms with Crippen molar-refractivity contribution in [2.75, 3.05) is 6.61 Å². The summed E-state index contributed by atoms with van der Waals surface area (Å²) in [4.78, 5) is 35.9. The third-order valence-electron chi connectivity index (χ3n) is 5.48. The average molecular weight is 437 g/mol. The zero-order chi connectivity index (χ0) is 23.1. The van der Waals surface area contributed by atoms with E-state index < -0.39 is 30.1 Å². The van der Waals surface area contributed by atoms with Gasteiger partial charge in [0.25, 0.3) is 0 Å². The monoisotopic (exact) mass is 436 g/mol. The third-order valence-corrected chi connectivity index (χ3v) is 5.48. The molecule has 2 amide bonds. The highest BCUT2D eigenvalue weighted by Crippen LogP contribution is 2.44. The Hall–Kier alpha value is -3.61. The molecular formula is C25H28N2O5. The molecule has 0 saturated carbocycles. The maximum Gasteiger partial charge on any atom is 0.407 e. The smallest absolute Gasteiger partial charge is 0.407 e. The average Bonchev–Trinajstić information content (AvgIpc) is 3.08. The number of fused-ring (bicyclic) bond motifs is 3. The van der Waals surface area contributed by atoms with Crippen molar-refractivity contribution in [3.05, 3.63) is 72.3 Å². The van der Waals surface area contributed by atoms with E-state index in [9.17, 15) is 14.4 Å². The molecular weight excluding hydrogens is 408 g/mol. The Morgan fingerprint density at radius 3 is 2.22 bits per heavy atom. The second-order valence-corrected chi connectivity index (χ2v) is 7.90. The first-order chi connectivity index (χ1) is 15.4. The molecule has 168 valence electrons. The standard InChI is InChI=1S/C25H28N2O5/c1-3-4-13-22(24(30)26-16(2)14-23(28)29)27-25(31)32-15-21-19-11-7-5-9-17(19)18-10-6-8-12-20(18)21/h3,5-12,16,21-22H,1,4,13-15H2,2H3,(H,26,30)(H,27,31)(H,28,29). The van der Waals surface area contributed by atoms with Gasteiger partial charge in [0.1, 0.15) is 12.6 Å².